The van der Waals surface area contributed by atoms with Gasteiger partial charge in [0, 0.05) is 36.4 Å². The number of rotatable bonds is 4. The predicted octanol–water partition coefficient (Wildman–Crippen LogP) is 4.36. The first kappa shape index (κ1) is 16.0. The van der Waals surface area contributed by atoms with Gasteiger partial charge >= 0.3 is 0 Å². The second kappa shape index (κ2) is 5.80. The van der Waals surface area contributed by atoms with E-state index >= 15 is 0 Å². The lowest BCUT2D eigenvalue weighted by Crippen LogP contribution is -2.34. The van der Waals surface area contributed by atoms with E-state index in [9.17, 15) is 0 Å². The maximum atomic E-state index is 4.58. The smallest absolute Gasteiger partial charge is 0.140 e. The van der Waals surface area contributed by atoms with Crippen molar-refractivity contribution in [1.29, 1.82) is 0 Å². The zero-order chi connectivity index (χ0) is 15.7. The molecule has 1 N–H and O–H groups in total. The van der Waals surface area contributed by atoms with Gasteiger partial charge in [0.15, 0.2) is 0 Å². The van der Waals surface area contributed by atoms with Crippen LogP contribution in [0.4, 0.5) is 0 Å². The summed E-state index contributed by atoms with van der Waals surface area (Å²) in [4.78, 5) is 4.58. The van der Waals surface area contributed by atoms with E-state index in [0.29, 0.717) is 5.41 Å². The second-order valence-corrected chi connectivity index (χ2v) is 8.14. The van der Waals surface area contributed by atoms with Gasteiger partial charge in [-0.25, -0.2) is 4.98 Å². The number of aryl methyl sites for hydroxylation is 1. The number of fused-ring (bicyclic) bond motifs is 1. The van der Waals surface area contributed by atoms with Crippen LogP contribution in [0.25, 0.3) is 11.0 Å². The number of aromatic nitrogens is 2. The van der Waals surface area contributed by atoms with Crippen LogP contribution in [0.5, 0.6) is 0 Å². The highest BCUT2D eigenvalue weighted by atomic mass is 15.0. The Morgan fingerprint density at radius 1 is 1.14 bits per heavy atom. The van der Waals surface area contributed by atoms with Gasteiger partial charge in [0.05, 0.1) is 0 Å². The van der Waals surface area contributed by atoms with E-state index in [4.69, 9.17) is 0 Å². The van der Waals surface area contributed by atoms with Crippen LogP contribution in [0.1, 0.15) is 53.5 Å². The quantitative estimate of drug-likeness (QED) is 0.905. The number of hydrogen-bond acceptors (Lipinski definition) is 2. The van der Waals surface area contributed by atoms with Crippen LogP contribution in [0, 0.1) is 5.41 Å². The SMILES string of the molecule is CC(C)(C)CCn1cc(CNC(C)(C)C)c2cccnc21. The highest BCUT2D eigenvalue weighted by Gasteiger charge is 2.15. The Kier molecular flexibility index (Phi) is 4.43. The summed E-state index contributed by atoms with van der Waals surface area (Å²) in [5, 5.41) is 4.84. The summed E-state index contributed by atoms with van der Waals surface area (Å²) in [5.74, 6) is 0. The third-order valence-corrected chi connectivity index (χ3v) is 3.63. The molecule has 3 nitrogen and oxygen atoms in total. The van der Waals surface area contributed by atoms with Crippen molar-refractivity contribution in [3.8, 4) is 0 Å². The molecule has 0 saturated heterocycles. The molecule has 2 rings (SSSR count). The van der Waals surface area contributed by atoms with Crippen molar-refractivity contribution < 1.29 is 0 Å². The summed E-state index contributed by atoms with van der Waals surface area (Å²) < 4.78 is 2.31. The minimum Gasteiger partial charge on any atom is -0.332 e. The molecule has 0 aliphatic rings. The second-order valence-electron chi connectivity index (χ2n) is 8.14. The Labute approximate surface area is 128 Å². The Balaban J connectivity index is 2.26. The summed E-state index contributed by atoms with van der Waals surface area (Å²) in [6.07, 6.45) is 5.30. The molecule has 0 atom stereocenters. The lowest BCUT2D eigenvalue weighted by Gasteiger charge is -2.20. The molecule has 0 bridgehead atoms. The molecule has 2 heterocycles. The van der Waals surface area contributed by atoms with Crippen LogP contribution >= 0.6 is 0 Å². The molecule has 0 saturated carbocycles. The van der Waals surface area contributed by atoms with Crippen molar-refractivity contribution in [1.82, 2.24) is 14.9 Å². The van der Waals surface area contributed by atoms with Crippen LogP contribution in [0.3, 0.4) is 0 Å². The molecule has 0 aliphatic heterocycles. The van der Waals surface area contributed by atoms with Crippen LogP contribution in [0.15, 0.2) is 24.5 Å². The van der Waals surface area contributed by atoms with Crippen molar-refractivity contribution in [3.63, 3.8) is 0 Å². The maximum Gasteiger partial charge on any atom is 0.140 e. The monoisotopic (exact) mass is 287 g/mol. The molecule has 116 valence electrons. The fraction of sp³-hybridized carbons (Fsp3) is 0.611. The third kappa shape index (κ3) is 4.57. The molecule has 2 aromatic rings. The average molecular weight is 287 g/mol. The minimum atomic E-state index is 0.127. The van der Waals surface area contributed by atoms with Gasteiger partial charge in [-0.3, -0.25) is 0 Å². The lowest BCUT2D eigenvalue weighted by atomic mass is 9.92. The molecule has 0 fully saturated rings. The van der Waals surface area contributed by atoms with Crippen molar-refractivity contribution in [3.05, 3.63) is 30.1 Å². The summed E-state index contributed by atoms with van der Waals surface area (Å²) >= 11 is 0. The van der Waals surface area contributed by atoms with Gasteiger partial charge in [-0.15, -0.1) is 0 Å². The van der Waals surface area contributed by atoms with E-state index in [-0.39, 0.29) is 5.54 Å². The van der Waals surface area contributed by atoms with Gasteiger partial charge in [0.1, 0.15) is 5.65 Å². The van der Waals surface area contributed by atoms with Gasteiger partial charge in [-0.2, -0.15) is 0 Å². The summed E-state index contributed by atoms with van der Waals surface area (Å²) in [6, 6.07) is 4.20. The van der Waals surface area contributed by atoms with E-state index in [2.05, 4.69) is 68.7 Å². The molecule has 0 unspecified atom stereocenters. The average Bonchev–Trinajstić information content (AvgIpc) is 2.71. The van der Waals surface area contributed by atoms with Gasteiger partial charge < -0.3 is 9.88 Å². The third-order valence-electron chi connectivity index (χ3n) is 3.63. The fourth-order valence-electron chi connectivity index (χ4n) is 2.32. The molecule has 21 heavy (non-hydrogen) atoms. The summed E-state index contributed by atoms with van der Waals surface area (Å²) in [5.41, 5.74) is 2.91. The number of nitrogens with zero attached hydrogens (tertiary/aromatic N) is 2. The molecular weight excluding hydrogens is 258 g/mol. The highest BCUT2D eigenvalue weighted by Crippen LogP contribution is 2.24. The number of pyridine rings is 1. The zero-order valence-corrected chi connectivity index (χ0v) is 14.3. The first-order valence-electron chi connectivity index (χ1n) is 7.83. The van der Waals surface area contributed by atoms with Gasteiger partial charge in [0.2, 0.25) is 0 Å². The number of hydrogen-bond donors (Lipinski definition) is 1. The Morgan fingerprint density at radius 3 is 2.48 bits per heavy atom. The Hall–Kier alpha value is -1.35. The highest BCUT2D eigenvalue weighted by molar-refractivity contribution is 5.80. The molecule has 0 radical (unpaired) electrons. The first-order valence-corrected chi connectivity index (χ1v) is 7.83. The van der Waals surface area contributed by atoms with Gasteiger partial charge in [0.25, 0.3) is 0 Å². The van der Waals surface area contributed by atoms with Crippen LogP contribution in [0.2, 0.25) is 0 Å². The number of nitrogens with one attached hydrogen (secondary N) is 1. The molecule has 3 heteroatoms. The van der Waals surface area contributed by atoms with Crippen molar-refractivity contribution in [2.24, 2.45) is 5.41 Å². The summed E-state index contributed by atoms with van der Waals surface area (Å²) in [6.45, 7) is 15.4. The van der Waals surface area contributed by atoms with Gasteiger partial charge in [-0.05, 0) is 50.3 Å². The molecular formula is C18H29N3. The Bertz CT molecular complexity index is 545. The maximum absolute atomic E-state index is 4.58. The van der Waals surface area contributed by atoms with Gasteiger partial charge in [-0.1, -0.05) is 20.8 Å². The molecule has 0 aromatic carbocycles. The van der Waals surface area contributed by atoms with E-state index < -0.39 is 0 Å². The molecule has 2 aromatic heterocycles. The van der Waals surface area contributed by atoms with Crippen LogP contribution in [-0.4, -0.2) is 15.1 Å². The minimum absolute atomic E-state index is 0.127. The van der Waals surface area contributed by atoms with Crippen LogP contribution in [-0.2, 0) is 13.1 Å². The topological polar surface area (TPSA) is 29.9 Å². The van der Waals surface area contributed by atoms with E-state index in [1.165, 1.54) is 10.9 Å². The van der Waals surface area contributed by atoms with Crippen molar-refractivity contribution in [2.75, 3.05) is 0 Å². The van der Waals surface area contributed by atoms with Crippen molar-refractivity contribution in [2.45, 2.75) is 66.6 Å². The normalized spacial score (nSPS) is 13.0. The van der Waals surface area contributed by atoms with Crippen LogP contribution < -0.4 is 5.32 Å². The summed E-state index contributed by atoms with van der Waals surface area (Å²) in [7, 11) is 0. The molecule has 0 aliphatic carbocycles. The largest absolute Gasteiger partial charge is 0.332 e. The predicted molar refractivity (Wildman–Crippen MR) is 90.4 cm³/mol. The Morgan fingerprint density at radius 2 is 1.86 bits per heavy atom. The molecule has 0 spiro atoms. The lowest BCUT2D eigenvalue weighted by molar-refractivity contribution is 0.352. The van der Waals surface area contributed by atoms with E-state index in [0.717, 1.165) is 25.2 Å². The van der Waals surface area contributed by atoms with E-state index in [1.807, 2.05) is 12.3 Å². The molecule has 0 amide bonds. The van der Waals surface area contributed by atoms with Crippen molar-refractivity contribution >= 4 is 11.0 Å². The fourth-order valence-corrected chi connectivity index (χ4v) is 2.32. The standard InChI is InChI=1S/C18H29N3/c1-17(2,3)9-11-21-13-14(12-20-18(4,5)6)15-8-7-10-19-16(15)21/h7-8,10,13,20H,9,11-12H2,1-6H3. The van der Waals surface area contributed by atoms with E-state index in [1.54, 1.807) is 0 Å². The first-order chi connectivity index (χ1) is 9.66. The zero-order valence-electron chi connectivity index (χ0n) is 14.3.